The summed E-state index contributed by atoms with van der Waals surface area (Å²) in [5, 5.41) is 0.696. The Labute approximate surface area is 119 Å². The zero-order valence-corrected chi connectivity index (χ0v) is 12.2. The molecule has 18 heavy (non-hydrogen) atoms. The fraction of sp³-hybridized carbons (Fsp3) is 0.231. The second-order valence-corrected chi connectivity index (χ2v) is 4.90. The number of rotatable bonds is 4. The maximum absolute atomic E-state index is 6.06. The van der Waals surface area contributed by atoms with E-state index < -0.39 is 0 Å². The number of ether oxygens (including phenoxy) is 1. The summed E-state index contributed by atoms with van der Waals surface area (Å²) in [5.74, 6) is 1.30. The Bertz CT molecular complexity index is 548. The SMILES string of the molecule is CCc1nc(Br)cc(OCc2ccccc2Cl)n1. The van der Waals surface area contributed by atoms with Crippen molar-refractivity contribution in [3.05, 3.63) is 51.3 Å². The number of aryl methyl sites for hydroxylation is 1. The van der Waals surface area contributed by atoms with Crippen LogP contribution in [0.3, 0.4) is 0 Å². The van der Waals surface area contributed by atoms with Crippen LogP contribution < -0.4 is 4.74 Å². The summed E-state index contributed by atoms with van der Waals surface area (Å²) in [6, 6.07) is 9.34. The zero-order chi connectivity index (χ0) is 13.0. The first-order chi connectivity index (χ1) is 8.69. The fourth-order valence-electron chi connectivity index (χ4n) is 1.44. The molecule has 0 aliphatic carbocycles. The minimum atomic E-state index is 0.395. The Morgan fingerprint density at radius 2 is 2.06 bits per heavy atom. The number of aromatic nitrogens is 2. The van der Waals surface area contributed by atoms with E-state index in [2.05, 4.69) is 25.9 Å². The number of hydrogen-bond donors (Lipinski definition) is 0. The van der Waals surface area contributed by atoms with Crippen LogP contribution in [-0.2, 0) is 13.0 Å². The topological polar surface area (TPSA) is 35.0 Å². The highest BCUT2D eigenvalue weighted by Crippen LogP contribution is 2.19. The summed E-state index contributed by atoms with van der Waals surface area (Å²) in [7, 11) is 0. The molecule has 0 fully saturated rings. The molecule has 0 amide bonds. The molecule has 2 rings (SSSR count). The lowest BCUT2D eigenvalue weighted by Crippen LogP contribution is -2.01. The Morgan fingerprint density at radius 3 is 2.78 bits per heavy atom. The van der Waals surface area contributed by atoms with E-state index in [4.69, 9.17) is 16.3 Å². The molecular formula is C13H12BrClN2O. The number of benzene rings is 1. The predicted molar refractivity (Wildman–Crippen MR) is 74.9 cm³/mol. The number of hydrogen-bond acceptors (Lipinski definition) is 3. The van der Waals surface area contributed by atoms with Crippen molar-refractivity contribution in [1.29, 1.82) is 0 Å². The highest BCUT2D eigenvalue weighted by Gasteiger charge is 2.04. The lowest BCUT2D eigenvalue weighted by atomic mass is 10.2. The molecule has 0 N–H and O–H groups in total. The Balaban J connectivity index is 2.11. The van der Waals surface area contributed by atoms with Crippen LogP contribution in [0.15, 0.2) is 34.9 Å². The monoisotopic (exact) mass is 326 g/mol. The van der Waals surface area contributed by atoms with Gasteiger partial charge in [0.2, 0.25) is 5.88 Å². The van der Waals surface area contributed by atoms with E-state index in [0.717, 1.165) is 22.4 Å². The average Bonchev–Trinajstić information content (AvgIpc) is 2.37. The predicted octanol–water partition coefficient (Wildman–Crippen LogP) is 4.03. The Morgan fingerprint density at radius 1 is 1.28 bits per heavy atom. The molecule has 1 aromatic heterocycles. The van der Waals surface area contributed by atoms with Crippen LogP contribution in [0.4, 0.5) is 0 Å². The van der Waals surface area contributed by atoms with Gasteiger partial charge in [0, 0.05) is 23.1 Å². The largest absolute Gasteiger partial charge is 0.473 e. The lowest BCUT2D eigenvalue weighted by molar-refractivity contribution is 0.292. The van der Waals surface area contributed by atoms with Gasteiger partial charge >= 0.3 is 0 Å². The van der Waals surface area contributed by atoms with Gasteiger partial charge in [0.15, 0.2) is 0 Å². The Kier molecular flexibility index (Phi) is 4.55. The molecular weight excluding hydrogens is 316 g/mol. The normalized spacial score (nSPS) is 10.4. The number of halogens is 2. The summed E-state index contributed by atoms with van der Waals surface area (Å²) < 4.78 is 6.36. The molecule has 0 saturated heterocycles. The van der Waals surface area contributed by atoms with Crippen molar-refractivity contribution in [3.63, 3.8) is 0 Å². The van der Waals surface area contributed by atoms with Gasteiger partial charge in [0.05, 0.1) is 0 Å². The zero-order valence-electron chi connectivity index (χ0n) is 9.86. The molecule has 0 unspecified atom stereocenters. The van der Waals surface area contributed by atoms with Gasteiger partial charge in [-0.15, -0.1) is 0 Å². The molecule has 94 valence electrons. The van der Waals surface area contributed by atoms with E-state index >= 15 is 0 Å². The summed E-state index contributed by atoms with van der Waals surface area (Å²) >= 11 is 9.40. The molecule has 0 radical (unpaired) electrons. The minimum Gasteiger partial charge on any atom is -0.473 e. The van der Waals surface area contributed by atoms with Gasteiger partial charge in [-0.25, -0.2) is 4.98 Å². The summed E-state index contributed by atoms with van der Waals surface area (Å²) in [5.41, 5.74) is 0.937. The van der Waals surface area contributed by atoms with E-state index in [0.29, 0.717) is 17.5 Å². The minimum absolute atomic E-state index is 0.395. The summed E-state index contributed by atoms with van der Waals surface area (Å²) in [6.07, 6.45) is 0.766. The standard InChI is InChI=1S/C13H12BrClN2O/c1-2-12-16-11(14)7-13(17-12)18-8-9-5-3-4-6-10(9)15/h3-7H,2,8H2,1H3. The van der Waals surface area contributed by atoms with E-state index in [1.54, 1.807) is 6.07 Å². The van der Waals surface area contributed by atoms with Crippen LogP contribution in [0.2, 0.25) is 5.02 Å². The lowest BCUT2D eigenvalue weighted by Gasteiger charge is -2.08. The van der Waals surface area contributed by atoms with Gasteiger partial charge in [0.1, 0.15) is 17.0 Å². The first-order valence-corrected chi connectivity index (χ1v) is 6.76. The third-order valence-electron chi connectivity index (χ3n) is 2.37. The third-order valence-corrected chi connectivity index (χ3v) is 3.14. The summed E-state index contributed by atoms with van der Waals surface area (Å²) in [6.45, 7) is 2.39. The van der Waals surface area contributed by atoms with Crippen LogP contribution in [-0.4, -0.2) is 9.97 Å². The van der Waals surface area contributed by atoms with Crippen molar-refractivity contribution in [1.82, 2.24) is 9.97 Å². The maximum atomic E-state index is 6.06. The first kappa shape index (κ1) is 13.3. The molecule has 5 heteroatoms. The van der Waals surface area contributed by atoms with Crippen molar-refractivity contribution >= 4 is 27.5 Å². The van der Waals surface area contributed by atoms with Gasteiger partial charge in [-0.05, 0) is 22.0 Å². The van der Waals surface area contributed by atoms with Crippen molar-refractivity contribution in [2.45, 2.75) is 20.0 Å². The van der Waals surface area contributed by atoms with Crippen molar-refractivity contribution < 1.29 is 4.74 Å². The van der Waals surface area contributed by atoms with Gasteiger partial charge in [-0.2, -0.15) is 4.98 Å². The molecule has 2 aromatic rings. The molecule has 0 atom stereocenters. The van der Waals surface area contributed by atoms with Gasteiger partial charge < -0.3 is 4.74 Å². The van der Waals surface area contributed by atoms with Gasteiger partial charge in [-0.1, -0.05) is 36.7 Å². The van der Waals surface area contributed by atoms with Crippen molar-refractivity contribution in [2.24, 2.45) is 0 Å². The van der Waals surface area contributed by atoms with Crippen LogP contribution in [0.25, 0.3) is 0 Å². The Hall–Kier alpha value is -1.13. The smallest absolute Gasteiger partial charge is 0.218 e. The molecule has 1 heterocycles. The molecule has 0 saturated carbocycles. The highest BCUT2D eigenvalue weighted by molar-refractivity contribution is 9.10. The number of nitrogens with zero attached hydrogens (tertiary/aromatic N) is 2. The third kappa shape index (κ3) is 3.43. The molecule has 0 aliphatic rings. The van der Waals surface area contributed by atoms with Crippen LogP contribution in [0.5, 0.6) is 5.88 Å². The second kappa shape index (κ2) is 6.16. The van der Waals surface area contributed by atoms with E-state index in [9.17, 15) is 0 Å². The van der Waals surface area contributed by atoms with Gasteiger partial charge in [0.25, 0.3) is 0 Å². The fourth-order valence-corrected chi connectivity index (χ4v) is 2.03. The molecule has 1 aromatic carbocycles. The molecule has 0 spiro atoms. The van der Waals surface area contributed by atoms with E-state index in [1.165, 1.54) is 0 Å². The van der Waals surface area contributed by atoms with Crippen molar-refractivity contribution in [3.8, 4) is 5.88 Å². The molecule has 0 aliphatic heterocycles. The van der Waals surface area contributed by atoms with E-state index in [1.807, 2.05) is 31.2 Å². The van der Waals surface area contributed by atoms with Crippen molar-refractivity contribution in [2.75, 3.05) is 0 Å². The highest BCUT2D eigenvalue weighted by atomic mass is 79.9. The first-order valence-electron chi connectivity index (χ1n) is 5.58. The maximum Gasteiger partial charge on any atom is 0.218 e. The van der Waals surface area contributed by atoms with E-state index in [-0.39, 0.29) is 0 Å². The van der Waals surface area contributed by atoms with Gasteiger partial charge in [-0.3, -0.25) is 0 Å². The molecule has 3 nitrogen and oxygen atoms in total. The van der Waals surface area contributed by atoms with Crippen LogP contribution >= 0.6 is 27.5 Å². The summed E-state index contributed by atoms with van der Waals surface area (Å²) in [4.78, 5) is 8.51. The van der Waals surface area contributed by atoms with Crippen LogP contribution in [0, 0.1) is 0 Å². The second-order valence-electron chi connectivity index (χ2n) is 3.68. The molecule has 0 bridgehead atoms. The average molecular weight is 328 g/mol. The quantitative estimate of drug-likeness (QED) is 0.795. The van der Waals surface area contributed by atoms with Crippen LogP contribution in [0.1, 0.15) is 18.3 Å².